The molecule has 1 saturated heterocycles. The predicted octanol–water partition coefficient (Wildman–Crippen LogP) is 4.39. The molecular formula is C29H27N3O6. The Labute approximate surface area is 220 Å². The zero-order valence-electron chi connectivity index (χ0n) is 21.2. The molecule has 0 atom stereocenters. The van der Waals surface area contributed by atoms with Gasteiger partial charge in [-0.1, -0.05) is 24.3 Å². The number of amides is 5. The molecule has 0 aliphatic carbocycles. The van der Waals surface area contributed by atoms with Gasteiger partial charge in [-0.05, 0) is 86.0 Å². The number of aryl methyl sites for hydroxylation is 1. The Morgan fingerprint density at radius 3 is 2.26 bits per heavy atom. The van der Waals surface area contributed by atoms with Crippen LogP contribution >= 0.6 is 0 Å². The Bertz CT molecular complexity index is 1410. The van der Waals surface area contributed by atoms with Gasteiger partial charge in [0.2, 0.25) is 0 Å². The molecule has 1 aliphatic rings. The lowest BCUT2D eigenvalue weighted by Crippen LogP contribution is -2.54. The van der Waals surface area contributed by atoms with E-state index in [-0.39, 0.29) is 18.1 Å². The second-order valence-electron chi connectivity index (χ2n) is 8.54. The lowest BCUT2D eigenvalue weighted by molar-refractivity contribution is -0.122. The average Bonchev–Trinajstić information content (AvgIpc) is 2.90. The van der Waals surface area contributed by atoms with Crippen LogP contribution in [0.4, 0.5) is 16.2 Å². The van der Waals surface area contributed by atoms with E-state index in [1.165, 1.54) is 6.08 Å². The molecule has 3 aromatic rings. The molecule has 194 valence electrons. The number of barbiturate groups is 1. The molecule has 2 N–H and O–H groups in total. The number of anilines is 2. The molecule has 1 aliphatic heterocycles. The number of hydrogen-bond donors (Lipinski definition) is 2. The zero-order chi connectivity index (χ0) is 27.2. The summed E-state index contributed by atoms with van der Waals surface area (Å²) in [5, 5.41) is 5.03. The largest absolute Gasteiger partial charge is 0.494 e. The van der Waals surface area contributed by atoms with Crippen molar-refractivity contribution in [3.8, 4) is 11.5 Å². The summed E-state index contributed by atoms with van der Waals surface area (Å²) in [5.41, 5.74) is 3.44. The topological polar surface area (TPSA) is 114 Å². The minimum Gasteiger partial charge on any atom is -0.494 e. The summed E-state index contributed by atoms with van der Waals surface area (Å²) < 4.78 is 11.0. The molecule has 9 nitrogen and oxygen atoms in total. The van der Waals surface area contributed by atoms with E-state index in [9.17, 15) is 19.2 Å². The molecule has 4 rings (SSSR count). The number of hydrogen-bond acceptors (Lipinski definition) is 6. The highest BCUT2D eigenvalue weighted by Gasteiger charge is 2.36. The number of rotatable bonds is 8. The van der Waals surface area contributed by atoms with Gasteiger partial charge < -0.3 is 14.8 Å². The van der Waals surface area contributed by atoms with Crippen molar-refractivity contribution in [3.05, 3.63) is 89.0 Å². The Hall–Kier alpha value is -4.92. The molecule has 0 radical (unpaired) electrons. The van der Waals surface area contributed by atoms with Gasteiger partial charge in [-0.2, -0.15) is 0 Å². The third-order valence-corrected chi connectivity index (χ3v) is 5.95. The van der Waals surface area contributed by atoms with E-state index >= 15 is 0 Å². The normalized spacial score (nSPS) is 14.3. The van der Waals surface area contributed by atoms with Crippen molar-refractivity contribution in [3.63, 3.8) is 0 Å². The molecule has 38 heavy (non-hydrogen) atoms. The quantitative estimate of drug-likeness (QED) is 0.341. The first kappa shape index (κ1) is 26.2. The smallest absolute Gasteiger partial charge is 0.335 e. The number of urea groups is 1. The summed E-state index contributed by atoms with van der Waals surface area (Å²) in [6.45, 7) is 6.05. The number of imide groups is 2. The van der Waals surface area contributed by atoms with E-state index in [2.05, 4.69) is 10.6 Å². The number of nitrogens with zero attached hydrogens (tertiary/aromatic N) is 1. The zero-order valence-corrected chi connectivity index (χ0v) is 21.2. The fraction of sp³-hybridized carbons (Fsp3) is 0.172. The van der Waals surface area contributed by atoms with Crippen LogP contribution in [0, 0.1) is 13.8 Å². The number of benzene rings is 3. The Morgan fingerprint density at radius 1 is 0.921 bits per heavy atom. The monoisotopic (exact) mass is 513 g/mol. The molecule has 3 aromatic carbocycles. The van der Waals surface area contributed by atoms with Crippen LogP contribution in [0.2, 0.25) is 0 Å². The van der Waals surface area contributed by atoms with Crippen LogP contribution in [0.5, 0.6) is 11.5 Å². The van der Waals surface area contributed by atoms with Crippen molar-refractivity contribution in [2.75, 3.05) is 23.4 Å². The van der Waals surface area contributed by atoms with Crippen LogP contribution < -0.4 is 25.0 Å². The van der Waals surface area contributed by atoms with Gasteiger partial charge in [0.05, 0.1) is 12.3 Å². The molecule has 0 spiro atoms. The summed E-state index contributed by atoms with van der Waals surface area (Å²) in [6.07, 6.45) is 1.39. The maximum atomic E-state index is 13.1. The average molecular weight is 514 g/mol. The van der Waals surface area contributed by atoms with E-state index in [0.717, 1.165) is 21.7 Å². The van der Waals surface area contributed by atoms with Gasteiger partial charge in [0, 0.05) is 5.69 Å². The molecule has 0 bridgehead atoms. The molecule has 1 heterocycles. The van der Waals surface area contributed by atoms with Gasteiger partial charge in [0.15, 0.2) is 6.61 Å². The molecule has 0 aromatic heterocycles. The lowest BCUT2D eigenvalue weighted by Gasteiger charge is -2.26. The van der Waals surface area contributed by atoms with Crippen LogP contribution in [0.3, 0.4) is 0 Å². The lowest BCUT2D eigenvalue weighted by atomic mass is 10.1. The molecule has 9 heteroatoms. The third kappa shape index (κ3) is 5.89. The van der Waals surface area contributed by atoms with Crippen LogP contribution in [-0.4, -0.2) is 37.0 Å². The van der Waals surface area contributed by atoms with E-state index in [1.54, 1.807) is 48.5 Å². The van der Waals surface area contributed by atoms with Crippen LogP contribution in [0.15, 0.2) is 72.3 Å². The van der Waals surface area contributed by atoms with Gasteiger partial charge in [0.1, 0.15) is 17.1 Å². The molecular weight excluding hydrogens is 486 g/mol. The highest BCUT2D eigenvalue weighted by Crippen LogP contribution is 2.25. The Morgan fingerprint density at radius 2 is 1.58 bits per heavy atom. The van der Waals surface area contributed by atoms with E-state index < -0.39 is 17.8 Å². The minimum atomic E-state index is -0.829. The summed E-state index contributed by atoms with van der Waals surface area (Å²) >= 11 is 0. The SMILES string of the molecule is CCOc1ccc(N2C(=O)NC(=O)/C(=C\c3ccc(OCC(=O)Nc4cccc(C)c4C)cc3)C2=O)cc1. The number of carbonyl (C=O) groups excluding carboxylic acids is 4. The van der Waals surface area contributed by atoms with Crippen LogP contribution in [0.1, 0.15) is 23.6 Å². The van der Waals surface area contributed by atoms with Gasteiger partial charge in [0.25, 0.3) is 17.7 Å². The first-order chi connectivity index (χ1) is 18.3. The summed E-state index contributed by atoms with van der Waals surface area (Å²) in [7, 11) is 0. The highest BCUT2D eigenvalue weighted by molar-refractivity contribution is 6.39. The van der Waals surface area contributed by atoms with Gasteiger partial charge >= 0.3 is 6.03 Å². The number of nitrogens with one attached hydrogen (secondary N) is 2. The first-order valence-electron chi connectivity index (χ1n) is 12.0. The summed E-state index contributed by atoms with van der Waals surface area (Å²) in [6, 6.07) is 17.8. The van der Waals surface area contributed by atoms with Crippen LogP contribution in [-0.2, 0) is 14.4 Å². The second kappa shape index (κ2) is 11.4. The molecule has 0 unspecified atom stereocenters. The van der Waals surface area contributed by atoms with Crippen molar-refractivity contribution in [2.45, 2.75) is 20.8 Å². The Kier molecular flexibility index (Phi) is 7.86. The first-order valence-corrected chi connectivity index (χ1v) is 12.0. The van der Waals surface area contributed by atoms with Crippen molar-refractivity contribution in [1.29, 1.82) is 0 Å². The molecule has 1 fully saturated rings. The maximum Gasteiger partial charge on any atom is 0.335 e. The fourth-order valence-electron chi connectivity index (χ4n) is 3.80. The molecule has 0 saturated carbocycles. The van der Waals surface area contributed by atoms with Crippen molar-refractivity contribution >= 4 is 41.2 Å². The maximum absolute atomic E-state index is 13.1. The standard InChI is InChI=1S/C29H27N3O6/c1-4-37-22-14-10-21(11-15-22)32-28(35)24(27(34)31-29(32)36)16-20-8-12-23(13-9-20)38-17-26(33)30-25-7-5-6-18(2)19(25)3/h5-16H,4,17H2,1-3H3,(H,30,33)(H,31,34,36)/b24-16+. The summed E-state index contributed by atoms with van der Waals surface area (Å²) in [4.78, 5) is 51.1. The van der Waals surface area contributed by atoms with E-state index in [1.807, 2.05) is 39.0 Å². The van der Waals surface area contributed by atoms with Crippen molar-refractivity contribution in [2.24, 2.45) is 0 Å². The minimum absolute atomic E-state index is 0.187. The van der Waals surface area contributed by atoms with Crippen molar-refractivity contribution < 1.29 is 28.7 Å². The number of ether oxygens (including phenoxy) is 2. The van der Waals surface area contributed by atoms with Gasteiger partial charge in [-0.15, -0.1) is 0 Å². The van der Waals surface area contributed by atoms with Crippen LogP contribution in [0.25, 0.3) is 6.08 Å². The van der Waals surface area contributed by atoms with E-state index in [4.69, 9.17) is 9.47 Å². The molecule has 5 amide bonds. The van der Waals surface area contributed by atoms with Gasteiger partial charge in [-0.25, -0.2) is 9.69 Å². The third-order valence-electron chi connectivity index (χ3n) is 5.95. The van der Waals surface area contributed by atoms with Crippen molar-refractivity contribution in [1.82, 2.24) is 5.32 Å². The highest BCUT2D eigenvalue weighted by atomic mass is 16.5. The van der Waals surface area contributed by atoms with Gasteiger partial charge in [-0.3, -0.25) is 19.7 Å². The van der Waals surface area contributed by atoms with E-state index in [0.29, 0.717) is 29.4 Å². The second-order valence-corrected chi connectivity index (χ2v) is 8.54. The number of carbonyl (C=O) groups is 4. The predicted molar refractivity (Wildman–Crippen MR) is 143 cm³/mol. The Balaban J connectivity index is 1.42. The fourth-order valence-corrected chi connectivity index (χ4v) is 3.80. The summed E-state index contributed by atoms with van der Waals surface area (Å²) in [5.74, 6) is -0.794.